The molecule has 1 amide bonds. The summed E-state index contributed by atoms with van der Waals surface area (Å²) in [5, 5.41) is 4.16. The lowest BCUT2D eigenvalue weighted by atomic mass is 9.91. The van der Waals surface area contributed by atoms with E-state index < -0.39 is 0 Å². The molecule has 0 unspecified atom stereocenters. The van der Waals surface area contributed by atoms with Gasteiger partial charge in [-0.25, -0.2) is 9.78 Å². The van der Waals surface area contributed by atoms with Crippen LogP contribution in [0.1, 0.15) is 61.1 Å². The molecule has 3 aliphatic rings. The van der Waals surface area contributed by atoms with Gasteiger partial charge in [-0.1, -0.05) is 35.5 Å². The molecule has 160 valence electrons. The minimum Gasteiger partial charge on any atom is -0.448 e. The Hall–Kier alpha value is -3.09. The quantitative estimate of drug-likeness (QED) is 0.571. The molecule has 0 radical (unpaired) electrons. The summed E-state index contributed by atoms with van der Waals surface area (Å²) >= 11 is 0. The van der Waals surface area contributed by atoms with Crippen LogP contribution in [-0.4, -0.2) is 34.2 Å². The van der Waals surface area contributed by atoms with Crippen LogP contribution in [0, 0.1) is 5.41 Å². The molecule has 3 fully saturated rings. The first-order valence-electron chi connectivity index (χ1n) is 11.1. The molecule has 2 aromatic heterocycles. The van der Waals surface area contributed by atoms with Crippen LogP contribution >= 0.6 is 0 Å². The van der Waals surface area contributed by atoms with Crippen LogP contribution in [-0.2, 0) is 11.3 Å². The molecule has 1 aliphatic heterocycles. The smallest absolute Gasteiger partial charge is 0.410 e. The number of hydrogen-bond donors (Lipinski definition) is 0. The Kier molecular flexibility index (Phi) is 4.37. The molecule has 1 aromatic carbocycles. The third-order valence-electron chi connectivity index (χ3n) is 7.07. The summed E-state index contributed by atoms with van der Waals surface area (Å²) in [5.74, 6) is 1.64. The summed E-state index contributed by atoms with van der Waals surface area (Å²) in [6.45, 7) is 1.75. The Morgan fingerprint density at radius 2 is 1.97 bits per heavy atom. The average molecular weight is 419 g/mol. The van der Waals surface area contributed by atoms with E-state index in [0.717, 1.165) is 60.8 Å². The van der Waals surface area contributed by atoms with Crippen LogP contribution in [0.25, 0.3) is 11.3 Å². The molecule has 7 heteroatoms. The Bertz CT molecular complexity index is 1080. The number of rotatable bonds is 5. The molecule has 6 rings (SSSR count). The van der Waals surface area contributed by atoms with E-state index in [-0.39, 0.29) is 11.5 Å². The van der Waals surface area contributed by atoms with E-state index in [2.05, 4.69) is 5.16 Å². The zero-order valence-electron chi connectivity index (χ0n) is 17.3. The molecule has 1 atom stereocenters. The topological polar surface area (TPSA) is 81.6 Å². The number of likely N-dealkylation sites (tertiary alicyclic amines) is 1. The number of amides is 1. The van der Waals surface area contributed by atoms with E-state index in [1.807, 2.05) is 35.2 Å². The fourth-order valence-corrected chi connectivity index (χ4v) is 4.85. The van der Waals surface area contributed by atoms with Gasteiger partial charge in [0, 0.05) is 24.9 Å². The standard InChI is InChI=1S/C24H25N3O4/c28-23(30-13-16-4-2-1-3-5-16)27-10-8-24(9-11-27)12-19(24)22-25-20(15-29-22)18-14-31-26-21(18)17-6-7-17/h1-5,14-15,17,19H,6-13H2/t19-/m0/s1. The van der Waals surface area contributed by atoms with Gasteiger partial charge in [0.05, 0.1) is 11.3 Å². The van der Waals surface area contributed by atoms with Crippen molar-refractivity contribution in [2.45, 2.75) is 50.5 Å². The zero-order valence-corrected chi connectivity index (χ0v) is 17.3. The number of carbonyl (C=O) groups excluding carboxylic acids is 1. The van der Waals surface area contributed by atoms with Gasteiger partial charge in [0.25, 0.3) is 0 Å². The largest absolute Gasteiger partial charge is 0.448 e. The highest BCUT2D eigenvalue weighted by molar-refractivity contribution is 5.68. The van der Waals surface area contributed by atoms with Crippen LogP contribution in [0.3, 0.4) is 0 Å². The molecule has 2 saturated carbocycles. The molecule has 2 aliphatic carbocycles. The van der Waals surface area contributed by atoms with E-state index in [4.69, 9.17) is 18.7 Å². The summed E-state index contributed by atoms with van der Waals surface area (Å²) < 4.78 is 16.6. The first kappa shape index (κ1) is 18.7. The van der Waals surface area contributed by atoms with Crippen molar-refractivity contribution in [3.8, 4) is 11.3 Å². The molecular formula is C24H25N3O4. The lowest BCUT2D eigenvalue weighted by molar-refractivity contribution is 0.0788. The summed E-state index contributed by atoms with van der Waals surface area (Å²) in [7, 11) is 0. The molecule has 3 heterocycles. The van der Waals surface area contributed by atoms with Crippen molar-refractivity contribution < 1.29 is 18.5 Å². The zero-order chi connectivity index (χ0) is 20.8. The number of carbonyl (C=O) groups is 1. The Morgan fingerprint density at radius 3 is 2.74 bits per heavy atom. The first-order chi connectivity index (χ1) is 15.2. The number of nitrogens with zero attached hydrogens (tertiary/aromatic N) is 3. The Balaban J connectivity index is 1.05. The fraction of sp³-hybridized carbons (Fsp3) is 0.458. The number of ether oxygens (including phenoxy) is 1. The van der Waals surface area contributed by atoms with Crippen molar-refractivity contribution in [3.63, 3.8) is 0 Å². The highest BCUT2D eigenvalue weighted by Gasteiger charge is 2.58. The van der Waals surface area contributed by atoms with E-state index in [1.165, 1.54) is 12.8 Å². The fourth-order valence-electron chi connectivity index (χ4n) is 4.85. The third kappa shape index (κ3) is 3.52. The highest BCUT2D eigenvalue weighted by Crippen LogP contribution is 2.64. The highest BCUT2D eigenvalue weighted by atomic mass is 16.6. The Morgan fingerprint density at radius 1 is 1.16 bits per heavy atom. The minimum atomic E-state index is -0.227. The molecule has 3 aromatic rings. The van der Waals surface area contributed by atoms with Gasteiger partial charge in [-0.2, -0.15) is 0 Å². The maximum atomic E-state index is 12.4. The number of benzene rings is 1. The number of piperidine rings is 1. The second-order valence-electron chi connectivity index (χ2n) is 9.11. The Labute approximate surface area is 180 Å². The van der Waals surface area contributed by atoms with Gasteiger partial charge in [-0.3, -0.25) is 0 Å². The summed E-state index contributed by atoms with van der Waals surface area (Å²) in [4.78, 5) is 19.0. The lowest BCUT2D eigenvalue weighted by Gasteiger charge is -2.32. The summed E-state index contributed by atoms with van der Waals surface area (Å²) in [6.07, 6.45) is 8.49. The van der Waals surface area contributed by atoms with E-state index in [9.17, 15) is 4.79 Å². The maximum absolute atomic E-state index is 12.4. The van der Waals surface area contributed by atoms with Crippen LogP contribution in [0.2, 0.25) is 0 Å². The van der Waals surface area contributed by atoms with Crippen LogP contribution in [0.15, 0.2) is 51.8 Å². The van der Waals surface area contributed by atoms with E-state index in [1.54, 1.807) is 12.5 Å². The van der Waals surface area contributed by atoms with Crippen molar-refractivity contribution in [2.24, 2.45) is 5.41 Å². The molecule has 0 N–H and O–H groups in total. The van der Waals surface area contributed by atoms with Gasteiger partial charge in [0.15, 0.2) is 5.89 Å². The second-order valence-corrected chi connectivity index (χ2v) is 9.11. The molecule has 7 nitrogen and oxygen atoms in total. The lowest BCUT2D eigenvalue weighted by Crippen LogP contribution is -2.39. The van der Waals surface area contributed by atoms with Gasteiger partial charge in [-0.05, 0) is 43.1 Å². The molecule has 1 spiro atoms. The van der Waals surface area contributed by atoms with Crippen molar-refractivity contribution >= 4 is 6.09 Å². The van der Waals surface area contributed by atoms with Crippen molar-refractivity contribution in [1.82, 2.24) is 15.0 Å². The predicted octanol–water partition coefficient (Wildman–Crippen LogP) is 5.11. The van der Waals surface area contributed by atoms with Gasteiger partial charge in [-0.15, -0.1) is 0 Å². The van der Waals surface area contributed by atoms with E-state index >= 15 is 0 Å². The molecule has 31 heavy (non-hydrogen) atoms. The number of aromatic nitrogens is 2. The number of hydrogen-bond acceptors (Lipinski definition) is 6. The molecule has 1 saturated heterocycles. The second kappa shape index (κ2) is 7.25. The summed E-state index contributed by atoms with van der Waals surface area (Å²) in [6, 6.07) is 9.78. The number of oxazole rings is 1. The average Bonchev–Trinajstić information content (AvgIpc) is 3.65. The maximum Gasteiger partial charge on any atom is 0.410 e. The van der Waals surface area contributed by atoms with Crippen molar-refractivity contribution in [3.05, 3.63) is 60.0 Å². The SMILES string of the molecule is O=C(OCc1ccccc1)N1CCC2(CC1)C[C@H]2c1nc(-c2conc2C2CC2)co1. The third-order valence-corrected chi connectivity index (χ3v) is 7.07. The van der Waals surface area contributed by atoms with Crippen LogP contribution in [0.5, 0.6) is 0 Å². The van der Waals surface area contributed by atoms with Crippen molar-refractivity contribution in [1.29, 1.82) is 0 Å². The minimum absolute atomic E-state index is 0.201. The molecule has 0 bridgehead atoms. The van der Waals surface area contributed by atoms with Gasteiger partial charge >= 0.3 is 6.09 Å². The van der Waals surface area contributed by atoms with Crippen molar-refractivity contribution in [2.75, 3.05) is 13.1 Å². The van der Waals surface area contributed by atoms with Crippen LogP contribution in [0.4, 0.5) is 4.79 Å². The summed E-state index contributed by atoms with van der Waals surface area (Å²) in [5.41, 5.74) is 3.99. The van der Waals surface area contributed by atoms with Gasteiger partial charge in [0.1, 0.15) is 24.8 Å². The first-order valence-corrected chi connectivity index (χ1v) is 11.1. The predicted molar refractivity (Wildman–Crippen MR) is 111 cm³/mol. The van der Waals surface area contributed by atoms with Gasteiger partial charge < -0.3 is 18.6 Å². The van der Waals surface area contributed by atoms with Gasteiger partial charge in [0.2, 0.25) is 0 Å². The normalized spacial score (nSPS) is 21.9. The molecular weight excluding hydrogens is 394 g/mol. The van der Waals surface area contributed by atoms with E-state index in [0.29, 0.717) is 18.4 Å². The van der Waals surface area contributed by atoms with Crippen LogP contribution < -0.4 is 0 Å². The monoisotopic (exact) mass is 419 g/mol.